The molecule has 0 atom stereocenters. The van der Waals surface area contributed by atoms with E-state index in [0.717, 1.165) is 15.8 Å². The number of hydrogen-bond donors (Lipinski definition) is 2. The molecule has 0 aliphatic carbocycles. The molecule has 0 spiro atoms. The van der Waals surface area contributed by atoms with Gasteiger partial charge in [-0.3, -0.25) is 9.59 Å². The molecule has 0 aliphatic rings. The van der Waals surface area contributed by atoms with Crippen molar-refractivity contribution in [3.63, 3.8) is 0 Å². The Morgan fingerprint density at radius 1 is 1.24 bits per heavy atom. The molecular formula is C22H20BrClN2O6S. The van der Waals surface area contributed by atoms with Gasteiger partial charge in [0, 0.05) is 4.47 Å². The first kappa shape index (κ1) is 24.8. The van der Waals surface area contributed by atoms with E-state index in [-0.39, 0.29) is 34.4 Å². The Morgan fingerprint density at radius 2 is 2.00 bits per heavy atom. The summed E-state index contributed by atoms with van der Waals surface area (Å²) in [5.74, 6) is -1.10. The van der Waals surface area contributed by atoms with Gasteiger partial charge < -0.3 is 24.9 Å². The van der Waals surface area contributed by atoms with Crippen LogP contribution in [-0.2, 0) is 11.3 Å². The molecule has 174 valence electrons. The van der Waals surface area contributed by atoms with Crippen molar-refractivity contribution >= 4 is 61.7 Å². The highest BCUT2D eigenvalue weighted by Crippen LogP contribution is 2.34. The van der Waals surface area contributed by atoms with Gasteiger partial charge in [-0.25, -0.2) is 4.79 Å². The predicted molar refractivity (Wildman–Crippen MR) is 128 cm³/mol. The van der Waals surface area contributed by atoms with Crippen molar-refractivity contribution in [3.8, 4) is 5.75 Å². The Balaban J connectivity index is 1.75. The molecule has 2 aromatic heterocycles. The summed E-state index contributed by atoms with van der Waals surface area (Å²) in [4.78, 5) is 37.1. The van der Waals surface area contributed by atoms with Gasteiger partial charge in [-0.05, 0) is 49.2 Å². The van der Waals surface area contributed by atoms with Crippen LogP contribution < -0.4 is 15.8 Å². The lowest BCUT2D eigenvalue weighted by Gasteiger charge is -2.07. The molecule has 2 amide bonds. The third-order valence-corrected chi connectivity index (χ3v) is 6.40. The van der Waals surface area contributed by atoms with Gasteiger partial charge in [-0.1, -0.05) is 34.5 Å². The van der Waals surface area contributed by atoms with E-state index in [2.05, 4.69) is 21.2 Å². The zero-order chi connectivity index (χ0) is 24.1. The smallest absolute Gasteiger partial charge is 0.341 e. The molecule has 0 saturated carbocycles. The Morgan fingerprint density at radius 3 is 2.67 bits per heavy atom. The second-order valence-corrected chi connectivity index (χ2v) is 9.19. The number of carbonyl (C=O) groups is 3. The van der Waals surface area contributed by atoms with E-state index in [0.29, 0.717) is 28.5 Å². The molecule has 0 radical (unpaired) electrons. The monoisotopic (exact) mass is 554 g/mol. The number of ether oxygens (including phenoxy) is 2. The Hall–Kier alpha value is -2.82. The summed E-state index contributed by atoms with van der Waals surface area (Å²) in [6, 6.07) is 8.25. The number of halogens is 2. The van der Waals surface area contributed by atoms with Crippen LogP contribution in [0.1, 0.15) is 55.3 Å². The summed E-state index contributed by atoms with van der Waals surface area (Å²) >= 11 is 10.4. The van der Waals surface area contributed by atoms with Gasteiger partial charge in [0.1, 0.15) is 23.1 Å². The summed E-state index contributed by atoms with van der Waals surface area (Å²) < 4.78 is 17.2. The largest absolute Gasteiger partial charge is 0.484 e. The zero-order valence-electron chi connectivity index (χ0n) is 17.7. The van der Waals surface area contributed by atoms with Gasteiger partial charge in [-0.2, -0.15) is 0 Å². The molecule has 0 fully saturated rings. The topological polar surface area (TPSA) is 121 Å². The van der Waals surface area contributed by atoms with Crippen LogP contribution >= 0.6 is 38.9 Å². The molecule has 11 heteroatoms. The molecule has 3 aromatic rings. The van der Waals surface area contributed by atoms with Crippen molar-refractivity contribution in [2.75, 3.05) is 11.9 Å². The summed E-state index contributed by atoms with van der Waals surface area (Å²) in [5.41, 5.74) is 5.85. The third kappa shape index (κ3) is 5.95. The van der Waals surface area contributed by atoms with E-state index >= 15 is 0 Å². The normalized spacial score (nSPS) is 10.7. The van der Waals surface area contributed by atoms with Gasteiger partial charge in [0.2, 0.25) is 0 Å². The van der Waals surface area contributed by atoms with Gasteiger partial charge >= 0.3 is 5.97 Å². The van der Waals surface area contributed by atoms with Crippen molar-refractivity contribution in [3.05, 3.63) is 67.4 Å². The van der Waals surface area contributed by atoms with E-state index in [9.17, 15) is 14.4 Å². The molecule has 8 nitrogen and oxygen atoms in total. The van der Waals surface area contributed by atoms with Crippen molar-refractivity contribution < 1.29 is 28.3 Å². The van der Waals surface area contributed by atoms with Crippen molar-refractivity contribution in [2.24, 2.45) is 5.73 Å². The highest BCUT2D eigenvalue weighted by molar-refractivity contribution is 9.10. The lowest BCUT2D eigenvalue weighted by Crippen LogP contribution is -2.15. The number of hydrogen-bond acceptors (Lipinski definition) is 7. The lowest BCUT2D eigenvalue weighted by atomic mass is 10.1. The van der Waals surface area contributed by atoms with Gasteiger partial charge in [-0.15, -0.1) is 11.3 Å². The van der Waals surface area contributed by atoms with Crippen LogP contribution in [0.15, 0.2) is 39.2 Å². The van der Waals surface area contributed by atoms with Crippen LogP contribution in [0.25, 0.3) is 0 Å². The second-order valence-electron chi connectivity index (χ2n) is 6.84. The number of benzene rings is 1. The van der Waals surface area contributed by atoms with Crippen molar-refractivity contribution in [1.29, 1.82) is 0 Å². The number of esters is 1. The summed E-state index contributed by atoms with van der Waals surface area (Å²) in [7, 11) is 0. The van der Waals surface area contributed by atoms with E-state index in [1.807, 2.05) is 6.92 Å². The molecule has 3 N–H and O–H groups in total. The first-order valence-corrected chi connectivity index (χ1v) is 11.8. The number of amides is 2. The Labute approximate surface area is 207 Å². The molecule has 0 aliphatic heterocycles. The van der Waals surface area contributed by atoms with E-state index in [1.54, 1.807) is 31.2 Å². The number of thiophene rings is 1. The first-order chi connectivity index (χ1) is 15.7. The third-order valence-electron chi connectivity index (χ3n) is 4.39. The Kier molecular flexibility index (Phi) is 8.17. The molecule has 0 saturated heterocycles. The standard InChI is InChI=1S/C22H20BrClN2O6S/c1-3-8-30-22(29)17-11(2)18(19(25)27)33-21(17)26-20(28)16-7-5-13(32-16)10-31-15-6-4-12(23)9-14(15)24/h4-7,9H,3,8,10H2,1-2H3,(H2,25,27)(H,26,28). The molecular weight excluding hydrogens is 536 g/mol. The maximum Gasteiger partial charge on any atom is 0.341 e. The molecule has 0 unspecified atom stereocenters. The van der Waals surface area contributed by atoms with E-state index in [1.165, 1.54) is 6.07 Å². The van der Waals surface area contributed by atoms with Gasteiger partial charge in [0.05, 0.1) is 22.1 Å². The van der Waals surface area contributed by atoms with Crippen LogP contribution in [0.2, 0.25) is 5.02 Å². The molecule has 3 rings (SSSR count). The summed E-state index contributed by atoms with van der Waals surface area (Å²) in [6.07, 6.45) is 0.627. The number of rotatable bonds is 9. The fourth-order valence-electron chi connectivity index (χ4n) is 2.83. The van der Waals surface area contributed by atoms with Crippen LogP contribution in [0.4, 0.5) is 5.00 Å². The van der Waals surface area contributed by atoms with Gasteiger partial charge in [0.25, 0.3) is 11.8 Å². The molecule has 2 heterocycles. The minimum Gasteiger partial charge on any atom is -0.484 e. The van der Waals surface area contributed by atoms with E-state index < -0.39 is 17.8 Å². The first-order valence-electron chi connectivity index (χ1n) is 9.79. The SMILES string of the molecule is CCCOC(=O)c1c(NC(=O)c2ccc(COc3ccc(Br)cc3Cl)o2)sc(C(N)=O)c1C. The van der Waals surface area contributed by atoms with Crippen molar-refractivity contribution in [1.82, 2.24) is 0 Å². The van der Waals surface area contributed by atoms with Crippen molar-refractivity contribution in [2.45, 2.75) is 26.9 Å². The van der Waals surface area contributed by atoms with E-state index in [4.69, 9.17) is 31.2 Å². The number of primary amides is 1. The number of furan rings is 1. The quantitative estimate of drug-likeness (QED) is 0.333. The number of carbonyl (C=O) groups excluding carboxylic acids is 3. The minimum absolute atomic E-state index is 0.00458. The van der Waals surface area contributed by atoms with Crippen LogP contribution in [0, 0.1) is 6.92 Å². The van der Waals surface area contributed by atoms with Crippen LogP contribution in [0.3, 0.4) is 0 Å². The maximum atomic E-state index is 12.7. The zero-order valence-corrected chi connectivity index (χ0v) is 20.9. The molecule has 33 heavy (non-hydrogen) atoms. The fourth-order valence-corrected chi connectivity index (χ4v) is 4.60. The summed E-state index contributed by atoms with van der Waals surface area (Å²) in [5, 5.41) is 3.19. The average Bonchev–Trinajstić information content (AvgIpc) is 3.36. The fraction of sp³-hybridized carbons (Fsp3) is 0.227. The highest BCUT2D eigenvalue weighted by atomic mass is 79.9. The minimum atomic E-state index is -0.702. The van der Waals surface area contributed by atoms with Crippen LogP contribution in [0.5, 0.6) is 5.75 Å². The number of nitrogens with one attached hydrogen (secondary N) is 1. The molecule has 0 bridgehead atoms. The predicted octanol–water partition coefficient (Wildman–Crippen LogP) is 5.56. The lowest BCUT2D eigenvalue weighted by molar-refractivity contribution is 0.0506. The number of anilines is 1. The summed E-state index contributed by atoms with van der Waals surface area (Å²) in [6.45, 7) is 3.68. The van der Waals surface area contributed by atoms with Crippen LogP contribution in [-0.4, -0.2) is 24.4 Å². The number of nitrogens with two attached hydrogens (primary N) is 1. The maximum absolute atomic E-state index is 12.7. The molecule has 1 aromatic carbocycles. The average molecular weight is 556 g/mol. The highest BCUT2D eigenvalue weighted by Gasteiger charge is 2.26. The van der Waals surface area contributed by atoms with Gasteiger partial charge in [0.15, 0.2) is 5.76 Å². The Bertz CT molecular complexity index is 1210. The second kappa shape index (κ2) is 10.9.